The molecule has 1 aliphatic heterocycles. The van der Waals surface area contributed by atoms with Gasteiger partial charge in [-0.3, -0.25) is 0 Å². The maximum atomic E-state index is 5.80. The van der Waals surface area contributed by atoms with E-state index in [1.54, 1.807) is 0 Å². The normalized spacial score (nSPS) is 18.6. The molecule has 21 heavy (non-hydrogen) atoms. The minimum absolute atomic E-state index is 0.351. The molecule has 2 atom stereocenters. The Balaban J connectivity index is 1.95. The van der Waals surface area contributed by atoms with Gasteiger partial charge in [0.2, 0.25) is 0 Å². The summed E-state index contributed by atoms with van der Waals surface area (Å²) in [5, 5.41) is 0. The molecule has 0 saturated heterocycles. The monoisotopic (exact) mass is 344 g/mol. The Morgan fingerprint density at radius 2 is 1.90 bits per heavy atom. The number of nitrogens with zero attached hydrogens (tertiary/aromatic N) is 1. The molecule has 1 aliphatic rings. The van der Waals surface area contributed by atoms with Crippen molar-refractivity contribution in [2.75, 3.05) is 18.0 Å². The van der Waals surface area contributed by atoms with Crippen LogP contribution >= 0.6 is 15.9 Å². The third kappa shape index (κ3) is 2.72. The molecule has 3 heteroatoms. The Kier molecular flexibility index (Phi) is 4.32. The van der Waals surface area contributed by atoms with Crippen LogP contribution in [0, 0.1) is 0 Å². The van der Waals surface area contributed by atoms with E-state index >= 15 is 0 Å². The summed E-state index contributed by atoms with van der Waals surface area (Å²) < 4.78 is 1.18. The summed E-state index contributed by atoms with van der Waals surface area (Å²) in [5.74, 6) is 0.552. The maximum absolute atomic E-state index is 5.80. The second-order valence-electron chi connectivity index (χ2n) is 5.68. The lowest BCUT2D eigenvalue weighted by Crippen LogP contribution is -2.26. The van der Waals surface area contributed by atoms with E-state index in [0.717, 1.165) is 19.5 Å². The van der Waals surface area contributed by atoms with Crippen LogP contribution in [0.15, 0.2) is 53.0 Å². The van der Waals surface area contributed by atoms with Gasteiger partial charge in [-0.15, -0.1) is 0 Å². The van der Waals surface area contributed by atoms with Gasteiger partial charge in [-0.1, -0.05) is 52.3 Å². The van der Waals surface area contributed by atoms with Crippen molar-refractivity contribution in [2.24, 2.45) is 5.73 Å². The Bertz CT molecular complexity index is 626. The van der Waals surface area contributed by atoms with Crippen molar-refractivity contribution in [3.05, 3.63) is 64.1 Å². The zero-order valence-electron chi connectivity index (χ0n) is 12.3. The van der Waals surface area contributed by atoms with E-state index in [4.69, 9.17) is 5.73 Å². The molecule has 0 aliphatic carbocycles. The molecule has 2 nitrogen and oxygen atoms in total. The van der Waals surface area contributed by atoms with E-state index in [1.807, 2.05) is 0 Å². The number of halogens is 1. The van der Waals surface area contributed by atoms with Crippen molar-refractivity contribution in [1.82, 2.24) is 0 Å². The first kappa shape index (κ1) is 14.6. The molecule has 0 amide bonds. The third-order valence-electron chi connectivity index (χ3n) is 4.44. The molecular weight excluding hydrogens is 324 g/mol. The lowest BCUT2D eigenvalue weighted by atomic mass is 9.98. The molecule has 0 bridgehead atoms. The molecule has 110 valence electrons. The van der Waals surface area contributed by atoms with Crippen LogP contribution in [0.1, 0.15) is 36.4 Å². The summed E-state index contributed by atoms with van der Waals surface area (Å²) in [7, 11) is 0. The van der Waals surface area contributed by atoms with Crippen molar-refractivity contribution in [3.63, 3.8) is 0 Å². The minimum Gasteiger partial charge on any atom is -0.364 e. The van der Waals surface area contributed by atoms with Crippen LogP contribution in [0.2, 0.25) is 0 Å². The van der Waals surface area contributed by atoms with Crippen LogP contribution in [0.4, 0.5) is 5.69 Å². The van der Waals surface area contributed by atoms with Gasteiger partial charge < -0.3 is 10.6 Å². The molecule has 0 aromatic heterocycles. The van der Waals surface area contributed by atoms with Crippen LogP contribution in [0.25, 0.3) is 0 Å². The summed E-state index contributed by atoms with van der Waals surface area (Å²) >= 11 is 3.68. The minimum atomic E-state index is 0.351. The zero-order valence-corrected chi connectivity index (χ0v) is 13.9. The average molecular weight is 345 g/mol. The van der Waals surface area contributed by atoms with Crippen molar-refractivity contribution in [3.8, 4) is 0 Å². The van der Waals surface area contributed by atoms with Crippen molar-refractivity contribution in [2.45, 2.75) is 25.3 Å². The highest BCUT2D eigenvalue weighted by atomic mass is 79.9. The summed E-state index contributed by atoms with van der Waals surface area (Å²) in [6.07, 6.45) is 1.05. The highest BCUT2D eigenvalue weighted by Gasteiger charge is 2.31. The fraction of sp³-hybridized carbons (Fsp3) is 0.333. The summed E-state index contributed by atoms with van der Waals surface area (Å²) in [4.78, 5) is 2.51. The van der Waals surface area contributed by atoms with Gasteiger partial charge in [-0.05, 0) is 43.1 Å². The van der Waals surface area contributed by atoms with Gasteiger partial charge in [0.15, 0.2) is 0 Å². The van der Waals surface area contributed by atoms with Gasteiger partial charge in [0.05, 0.1) is 6.04 Å². The van der Waals surface area contributed by atoms with Gasteiger partial charge in [-0.25, -0.2) is 0 Å². The first-order valence-electron chi connectivity index (χ1n) is 7.52. The molecule has 2 aromatic carbocycles. The fourth-order valence-corrected chi connectivity index (χ4v) is 3.94. The second kappa shape index (κ2) is 6.20. The third-order valence-corrected chi connectivity index (χ3v) is 5.16. The van der Waals surface area contributed by atoms with Crippen LogP contribution < -0.4 is 10.6 Å². The Morgan fingerprint density at radius 1 is 1.19 bits per heavy atom. The molecule has 0 saturated carbocycles. The summed E-state index contributed by atoms with van der Waals surface area (Å²) in [6.45, 7) is 4.08. The van der Waals surface area contributed by atoms with Crippen molar-refractivity contribution >= 4 is 21.6 Å². The smallest absolute Gasteiger partial charge is 0.0525 e. The Hall–Kier alpha value is -1.32. The predicted molar refractivity (Wildman–Crippen MR) is 92.8 cm³/mol. The van der Waals surface area contributed by atoms with Crippen LogP contribution in [-0.2, 0) is 0 Å². The predicted octanol–water partition coefficient (Wildman–Crippen LogP) is 4.46. The fourth-order valence-electron chi connectivity index (χ4n) is 3.32. The lowest BCUT2D eigenvalue weighted by Gasteiger charge is -2.29. The second-order valence-corrected chi connectivity index (χ2v) is 6.54. The zero-order chi connectivity index (χ0) is 14.8. The van der Waals surface area contributed by atoms with Crippen molar-refractivity contribution in [1.29, 1.82) is 0 Å². The topological polar surface area (TPSA) is 29.3 Å². The number of hydrogen-bond acceptors (Lipinski definition) is 2. The quantitative estimate of drug-likeness (QED) is 0.886. The summed E-state index contributed by atoms with van der Waals surface area (Å²) in [5.41, 5.74) is 9.94. The molecule has 0 radical (unpaired) electrons. The Labute approximate surface area is 135 Å². The van der Waals surface area contributed by atoms with Gasteiger partial charge in [0.25, 0.3) is 0 Å². The number of fused-ring (bicyclic) bond motifs is 1. The highest BCUT2D eigenvalue weighted by Crippen LogP contribution is 2.43. The SMILES string of the molecule is CC(c1ccccc1Br)N1CC(CCN)c2ccccc21. The number of anilines is 1. The van der Waals surface area contributed by atoms with Gasteiger partial charge in [0, 0.05) is 22.6 Å². The molecule has 2 aromatic rings. The maximum Gasteiger partial charge on any atom is 0.0525 e. The molecule has 3 rings (SSSR count). The Morgan fingerprint density at radius 3 is 2.67 bits per heavy atom. The molecular formula is C18H21BrN2. The van der Waals surface area contributed by atoms with Crippen LogP contribution in [-0.4, -0.2) is 13.1 Å². The van der Waals surface area contributed by atoms with E-state index in [1.165, 1.54) is 21.3 Å². The average Bonchev–Trinajstić information content (AvgIpc) is 2.87. The molecule has 0 fully saturated rings. The van der Waals surface area contributed by atoms with E-state index in [2.05, 4.69) is 76.3 Å². The van der Waals surface area contributed by atoms with Crippen LogP contribution in [0.5, 0.6) is 0 Å². The van der Waals surface area contributed by atoms with E-state index in [9.17, 15) is 0 Å². The number of hydrogen-bond donors (Lipinski definition) is 1. The summed E-state index contributed by atoms with van der Waals surface area (Å²) in [6, 6.07) is 17.6. The lowest BCUT2D eigenvalue weighted by molar-refractivity contribution is 0.606. The number of benzene rings is 2. The van der Waals surface area contributed by atoms with Gasteiger partial charge in [0.1, 0.15) is 0 Å². The molecule has 2 unspecified atom stereocenters. The number of rotatable bonds is 4. The number of nitrogens with two attached hydrogens (primary N) is 1. The van der Waals surface area contributed by atoms with Crippen molar-refractivity contribution < 1.29 is 0 Å². The first-order valence-corrected chi connectivity index (χ1v) is 8.31. The van der Waals surface area contributed by atoms with Crippen LogP contribution in [0.3, 0.4) is 0 Å². The standard InChI is InChI=1S/C18H21BrN2/c1-13(15-6-2-4-8-17(15)19)21-12-14(10-11-20)16-7-3-5-9-18(16)21/h2-9,13-14H,10-12,20H2,1H3. The largest absolute Gasteiger partial charge is 0.364 e. The van der Waals surface area contributed by atoms with E-state index in [-0.39, 0.29) is 0 Å². The first-order chi connectivity index (χ1) is 10.2. The van der Waals surface area contributed by atoms with Gasteiger partial charge >= 0.3 is 0 Å². The highest BCUT2D eigenvalue weighted by molar-refractivity contribution is 9.10. The van der Waals surface area contributed by atoms with E-state index < -0.39 is 0 Å². The van der Waals surface area contributed by atoms with Gasteiger partial charge in [-0.2, -0.15) is 0 Å². The number of para-hydroxylation sites is 1. The molecule has 1 heterocycles. The van der Waals surface area contributed by atoms with E-state index in [0.29, 0.717) is 12.0 Å². The molecule has 2 N–H and O–H groups in total. The molecule has 0 spiro atoms.